The molecule has 34 heavy (non-hydrogen) atoms. The summed E-state index contributed by atoms with van der Waals surface area (Å²) in [6, 6.07) is 19.1. The van der Waals surface area contributed by atoms with Crippen molar-refractivity contribution >= 4 is 17.5 Å². The molecule has 0 fully saturated rings. The van der Waals surface area contributed by atoms with Gasteiger partial charge >= 0.3 is 0 Å². The van der Waals surface area contributed by atoms with E-state index < -0.39 is 0 Å². The Morgan fingerprint density at radius 1 is 0.941 bits per heavy atom. The minimum atomic E-state index is -0.302. The van der Waals surface area contributed by atoms with Crippen molar-refractivity contribution in [2.24, 2.45) is 0 Å². The molecule has 0 bridgehead atoms. The molecule has 8 nitrogen and oxygen atoms in total. The second-order valence-electron chi connectivity index (χ2n) is 7.69. The predicted molar refractivity (Wildman–Crippen MR) is 127 cm³/mol. The van der Waals surface area contributed by atoms with Crippen LogP contribution in [0.15, 0.2) is 66.7 Å². The van der Waals surface area contributed by atoms with Gasteiger partial charge in [0.05, 0.1) is 13.2 Å². The lowest BCUT2D eigenvalue weighted by Crippen LogP contribution is -2.26. The van der Waals surface area contributed by atoms with Gasteiger partial charge in [-0.1, -0.05) is 12.1 Å². The number of rotatable bonds is 8. The van der Waals surface area contributed by atoms with Crippen LogP contribution in [0.1, 0.15) is 28.9 Å². The molecule has 4 rings (SSSR count). The van der Waals surface area contributed by atoms with Crippen molar-refractivity contribution in [2.45, 2.75) is 13.0 Å². The van der Waals surface area contributed by atoms with E-state index >= 15 is 0 Å². The van der Waals surface area contributed by atoms with Crippen molar-refractivity contribution in [1.82, 2.24) is 5.32 Å². The lowest BCUT2D eigenvalue weighted by Gasteiger charge is -2.21. The van der Waals surface area contributed by atoms with Crippen molar-refractivity contribution in [1.29, 1.82) is 0 Å². The quantitative estimate of drug-likeness (QED) is 0.526. The van der Waals surface area contributed by atoms with Gasteiger partial charge in [-0.05, 0) is 61.0 Å². The summed E-state index contributed by atoms with van der Waals surface area (Å²) in [7, 11) is 1.56. The number of methoxy groups -OCH3 is 1. The normalized spacial score (nSPS) is 12.9. The summed E-state index contributed by atoms with van der Waals surface area (Å²) in [5.41, 5.74) is 2.02. The van der Waals surface area contributed by atoms with E-state index in [-0.39, 0.29) is 24.5 Å². The van der Waals surface area contributed by atoms with E-state index in [0.29, 0.717) is 47.5 Å². The molecule has 3 aromatic carbocycles. The molecule has 3 aromatic rings. The number of carbonyl (C=O) groups is 2. The van der Waals surface area contributed by atoms with Crippen LogP contribution in [0.25, 0.3) is 0 Å². The fraction of sp³-hybridized carbons (Fsp3) is 0.231. The third kappa shape index (κ3) is 5.78. The van der Waals surface area contributed by atoms with Gasteiger partial charge in [0.15, 0.2) is 18.1 Å². The zero-order valence-electron chi connectivity index (χ0n) is 19.0. The van der Waals surface area contributed by atoms with E-state index in [9.17, 15) is 9.59 Å². The maximum absolute atomic E-state index is 12.7. The van der Waals surface area contributed by atoms with E-state index in [4.69, 9.17) is 18.9 Å². The zero-order valence-corrected chi connectivity index (χ0v) is 19.0. The van der Waals surface area contributed by atoms with E-state index in [1.807, 2.05) is 25.1 Å². The third-order valence-corrected chi connectivity index (χ3v) is 5.25. The Morgan fingerprint density at radius 2 is 1.71 bits per heavy atom. The first-order valence-electron chi connectivity index (χ1n) is 10.9. The number of ether oxygens (including phenoxy) is 4. The maximum atomic E-state index is 12.7. The topological polar surface area (TPSA) is 95.1 Å². The number of anilines is 1. The molecule has 0 aromatic heterocycles. The van der Waals surface area contributed by atoms with Gasteiger partial charge in [0.1, 0.15) is 24.7 Å². The fourth-order valence-electron chi connectivity index (χ4n) is 3.44. The molecule has 1 atom stereocenters. The Bertz CT molecular complexity index is 1160. The molecule has 176 valence electrons. The standard InChI is InChI=1S/C26H26N2O6/c1-17(19-8-11-23-24(14-19)33-13-12-32-23)27-26(30)18-6-9-21(10-7-18)34-16-25(29)28-20-4-3-5-22(15-20)31-2/h3-11,14-15,17H,12-13,16H2,1-2H3,(H,27,30)(H,28,29). The molecule has 0 saturated carbocycles. The van der Waals surface area contributed by atoms with Gasteiger partial charge in [0, 0.05) is 17.3 Å². The Hall–Kier alpha value is -4.20. The molecular formula is C26H26N2O6. The van der Waals surface area contributed by atoms with Crippen LogP contribution in [0, 0.1) is 0 Å². The molecule has 0 spiro atoms. The highest BCUT2D eigenvalue weighted by Crippen LogP contribution is 2.32. The number of fused-ring (bicyclic) bond motifs is 1. The average molecular weight is 463 g/mol. The van der Waals surface area contributed by atoms with Crippen molar-refractivity contribution in [3.63, 3.8) is 0 Å². The Balaban J connectivity index is 1.28. The lowest BCUT2D eigenvalue weighted by molar-refractivity contribution is -0.118. The minimum Gasteiger partial charge on any atom is -0.497 e. The van der Waals surface area contributed by atoms with E-state index in [1.165, 1.54) is 0 Å². The van der Waals surface area contributed by atoms with Gasteiger partial charge in [-0.3, -0.25) is 9.59 Å². The number of carbonyl (C=O) groups excluding carboxylic acids is 2. The molecule has 1 unspecified atom stereocenters. The SMILES string of the molecule is COc1cccc(NC(=O)COc2ccc(C(=O)NC(C)c3ccc4c(c3)OCCO4)cc2)c1. The van der Waals surface area contributed by atoms with Gasteiger partial charge in [0.2, 0.25) is 0 Å². The molecule has 2 N–H and O–H groups in total. The number of benzene rings is 3. The zero-order chi connectivity index (χ0) is 23.9. The van der Waals surface area contributed by atoms with Crippen LogP contribution in [0.5, 0.6) is 23.0 Å². The number of nitrogens with one attached hydrogen (secondary N) is 2. The highest BCUT2D eigenvalue weighted by Gasteiger charge is 2.16. The first-order chi connectivity index (χ1) is 16.5. The van der Waals surface area contributed by atoms with Crippen LogP contribution < -0.4 is 29.6 Å². The summed E-state index contributed by atoms with van der Waals surface area (Å²) in [4.78, 5) is 24.8. The van der Waals surface area contributed by atoms with Crippen molar-refractivity contribution < 1.29 is 28.5 Å². The summed E-state index contributed by atoms with van der Waals surface area (Å²) in [6.07, 6.45) is 0. The fourth-order valence-corrected chi connectivity index (χ4v) is 3.44. The van der Waals surface area contributed by atoms with E-state index in [1.54, 1.807) is 55.6 Å². The molecular weight excluding hydrogens is 436 g/mol. The molecule has 1 aliphatic heterocycles. The van der Waals surface area contributed by atoms with E-state index in [0.717, 1.165) is 5.56 Å². The number of hydrogen-bond acceptors (Lipinski definition) is 6. The smallest absolute Gasteiger partial charge is 0.262 e. The Labute approximate surface area is 197 Å². The van der Waals surface area contributed by atoms with Crippen LogP contribution in [0.3, 0.4) is 0 Å². The summed E-state index contributed by atoms with van der Waals surface area (Å²) in [5, 5.41) is 5.72. The second-order valence-corrected chi connectivity index (χ2v) is 7.69. The molecule has 1 heterocycles. The highest BCUT2D eigenvalue weighted by atomic mass is 16.6. The van der Waals surface area contributed by atoms with Gasteiger partial charge in [-0.25, -0.2) is 0 Å². The van der Waals surface area contributed by atoms with Gasteiger partial charge < -0.3 is 29.6 Å². The third-order valence-electron chi connectivity index (χ3n) is 5.25. The largest absolute Gasteiger partial charge is 0.497 e. The van der Waals surface area contributed by atoms with E-state index in [2.05, 4.69) is 10.6 Å². The second kappa shape index (κ2) is 10.6. The van der Waals surface area contributed by atoms with Crippen LogP contribution in [0.2, 0.25) is 0 Å². The van der Waals surface area contributed by atoms with Crippen LogP contribution in [-0.4, -0.2) is 38.7 Å². The summed E-state index contributed by atoms with van der Waals surface area (Å²) < 4.78 is 21.8. The van der Waals surface area contributed by atoms with Gasteiger partial charge in [-0.15, -0.1) is 0 Å². The molecule has 0 saturated heterocycles. The van der Waals surface area contributed by atoms with Gasteiger partial charge in [0.25, 0.3) is 11.8 Å². The molecule has 0 aliphatic carbocycles. The average Bonchev–Trinajstić information content (AvgIpc) is 2.87. The van der Waals surface area contributed by atoms with Crippen LogP contribution in [0.4, 0.5) is 5.69 Å². The summed E-state index contributed by atoms with van der Waals surface area (Å²) >= 11 is 0. The Morgan fingerprint density at radius 3 is 2.47 bits per heavy atom. The first kappa shape index (κ1) is 23.0. The highest BCUT2D eigenvalue weighted by molar-refractivity contribution is 5.94. The summed E-state index contributed by atoms with van der Waals surface area (Å²) in [6.45, 7) is 2.78. The van der Waals surface area contributed by atoms with Crippen LogP contribution in [-0.2, 0) is 4.79 Å². The molecule has 1 aliphatic rings. The Kier molecular flexibility index (Phi) is 7.17. The first-order valence-corrected chi connectivity index (χ1v) is 10.9. The van der Waals surface area contributed by atoms with Crippen LogP contribution >= 0.6 is 0 Å². The van der Waals surface area contributed by atoms with Crippen molar-refractivity contribution in [2.75, 3.05) is 32.2 Å². The number of amides is 2. The molecule has 2 amide bonds. The molecule has 8 heteroatoms. The van der Waals surface area contributed by atoms with Crippen molar-refractivity contribution in [3.05, 3.63) is 77.9 Å². The maximum Gasteiger partial charge on any atom is 0.262 e. The van der Waals surface area contributed by atoms with Crippen molar-refractivity contribution in [3.8, 4) is 23.0 Å². The monoisotopic (exact) mass is 462 g/mol. The minimum absolute atomic E-state index is 0.163. The summed E-state index contributed by atoms with van der Waals surface area (Å²) in [5.74, 6) is 2.00. The number of hydrogen-bond donors (Lipinski definition) is 2. The predicted octanol–water partition coefficient (Wildman–Crippen LogP) is 3.97. The van der Waals surface area contributed by atoms with Gasteiger partial charge in [-0.2, -0.15) is 0 Å². The molecule has 0 radical (unpaired) electrons. The lowest BCUT2D eigenvalue weighted by atomic mass is 10.1.